The van der Waals surface area contributed by atoms with E-state index in [-0.39, 0.29) is 11.9 Å². The van der Waals surface area contributed by atoms with E-state index in [1.165, 1.54) is 6.92 Å². The van der Waals surface area contributed by atoms with Crippen LogP contribution in [0.4, 0.5) is 0 Å². The number of hydrogen-bond acceptors (Lipinski definition) is 4. The third-order valence-electron chi connectivity index (χ3n) is 1.15. The maximum absolute atomic E-state index is 10.1. The van der Waals surface area contributed by atoms with Gasteiger partial charge in [-0.1, -0.05) is 6.58 Å². The average molecular weight is 231 g/mol. The van der Waals surface area contributed by atoms with Crippen LogP contribution >= 0.6 is 0 Å². The van der Waals surface area contributed by atoms with Crippen molar-refractivity contribution in [1.82, 2.24) is 5.32 Å². The van der Waals surface area contributed by atoms with Gasteiger partial charge >= 0.3 is 5.97 Å². The van der Waals surface area contributed by atoms with Gasteiger partial charge < -0.3 is 15.2 Å². The molecule has 1 saturated heterocycles. The predicted molar refractivity (Wildman–Crippen MR) is 57.5 cm³/mol. The molecule has 2 N–H and O–H groups in total. The zero-order chi connectivity index (χ0) is 13.0. The van der Waals surface area contributed by atoms with E-state index in [0.29, 0.717) is 0 Å². The van der Waals surface area contributed by atoms with E-state index in [1.54, 1.807) is 0 Å². The van der Waals surface area contributed by atoms with Crippen molar-refractivity contribution in [2.24, 2.45) is 0 Å². The Morgan fingerprint density at radius 1 is 1.50 bits per heavy atom. The summed E-state index contributed by atoms with van der Waals surface area (Å²) in [6, 6.07) is 0. The van der Waals surface area contributed by atoms with Crippen molar-refractivity contribution in [2.75, 3.05) is 6.54 Å². The van der Waals surface area contributed by atoms with Crippen LogP contribution in [0.25, 0.3) is 0 Å². The van der Waals surface area contributed by atoms with Gasteiger partial charge in [0.25, 0.3) is 5.97 Å². The smallest absolute Gasteiger partial charge is 0.307 e. The van der Waals surface area contributed by atoms with Crippen LogP contribution in [0.3, 0.4) is 0 Å². The summed E-state index contributed by atoms with van der Waals surface area (Å²) in [5.74, 6) is -0.958. The van der Waals surface area contributed by atoms with Crippen molar-refractivity contribution in [3.63, 3.8) is 0 Å². The molecule has 1 aliphatic heterocycles. The van der Waals surface area contributed by atoms with Crippen LogP contribution in [0.2, 0.25) is 0 Å². The third kappa shape index (κ3) is 22.7. The number of carboxylic acid groups (broad SMARTS) is 1. The van der Waals surface area contributed by atoms with E-state index in [0.717, 1.165) is 32.6 Å². The fourth-order valence-corrected chi connectivity index (χ4v) is 0.682. The van der Waals surface area contributed by atoms with E-state index < -0.39 is 5.97 Å². The summed E-state index contributed by atoms with van der Waals surface area (Å²) in [5.41, 5.74) is 0. The molecule has 1 amide bonds. The minimum Gasteiger partial charge on any atom is -0.481 e. The molecule has 0 aromatic rings. The molecule has 16 heavy (non-hydrogen) atoms. The highest BCUT2D eigenvalue weighted by molar-refractivity contribution is 5.77. The number of amides is 1. The Bertz CT molecular complexity index is 238. The molecule has 0 atom stereocenters. The van der Waals surface area contributed by atoms with Gasteiger partial charge in [0.05, 0.1) is 6.26 Å². The summed E-state index contributed by atoms with van der Waals surface area (Å²) in [5, 5.41) is 10.1. The Morgan fingerprint density at radius 2 is 2.00 bits per heavy atom. The fraction of sp³-hybridized carbons (Fsp3) is 0.500. The van der Waals surface area contributed by atoms with E-state index in [4.69, 9.17) is 9.90 Å². The van der Waals surface area contributed by atoms with E-state index >= 15 is 0 Å². The molecule has 1 fully saturated rings. The minimum absolute atomic E-state index is 0.204. The lowest BCUT2D eigenvalue weighted by Crippen LogP contribution is -2.12. The highest BCUT2D eigenvalue weighted by Crippen LogP contribution is 1.93. The summed E-state index contributed by atoms with van der Waals surface area (Å²) >= 11 is 0. The Kier molecular flexibility index (Phi) is 11.6. The first-order valence-corrected chi connectivity index (χ1v) is 4.64. The number of rotatable bonds is 1. The van der Waals surface area contributed by atoms with Crippen LogP contribution in [-0.4, -0.2) is 29.5 Å². The maximum atomic E-state index is 10.1. The summed E-state index contributed by atoms with van der Waals surface area (Å²) in [4.78, 5) is 28.9. The lowest BCUT2D eigenvalue weighted by Gasteiger charge is -1.83. The lowest BCUT2D eigenvalue weighted by molar-refractivity contribution is -0.136. The molecule has 0 bridgehead atoms. The van der Waals surface area contributed by atoms with Crippen molar-refractivity contribution in [2.45, 2.75) is 26.7 Å². The zero-order valence-electron chi connectivity index (χ0n) is 9.49. The topological polar surface area (TPSA) is 92.7 Å². The number of ether oxygens (including phenoxy) is 1. The van der Waals surface area contributed by atoms with Crippen LogP contribution in [0.1, 0.15) is 26.7 Å². The normalized spacial score (nSPS) is 12.0. The van der Waals surface area contributed by atoms with E-state index in [1.807, 2.05) is 0 Å². The molecular formula is C10H17NO5. The van der Waals surface area contributed by atoms with Crippen LogP contribution in [0.5, 0.6) is 0 Å². The van der Waals surface area contributed by atoms with Gasteiger partial charge in [-0.05, 0) is 6.42 Å². The minimum atomic E-state index is -0.833. The van der Waals surface area contributed by atoms with Crippen LogP contribution in [-0.2, 0) is 19.1 Å². The molecule has 0 radical (unpaired) electrons. The van der Waals surface area contributed by atoms with Gasteiger partial charge in [-0.2, -0.15) is 0 Å². The quantitative estimate of drug-likeness (QED) is 0.511. The van der Waals surface area contributed by atoms with Crippen molar-refractivity contribution in [1.29, 1.82) is 0 Å². The Labute approximate surface area is 94.3 Å². The first-order chi connectivity index (χ1) is 7.40. The maximum Gasteiger partial charge on any atom is 0.307 e. The summed E-state index contributed by atoms with van der Waals surface area (Å²) in [7, 11) is 0. The van der Waals surface area contributed by atoms with Gasteiger partial charge in [0, 0.05) is 26.8 Å². The lowest BCUT2D eigenvalue weighted by atomic mass is 10.4. The molecule has 1 heterocycles. The average Bonchev–Trinajstić information content (AvgIpc) is 2.55. The number of nitrogens with one attached hydrogen (secondary N) is 1. The van der Waals surface area contributed by atoms with Gasteiger partial charge in [0.1, 0.15) is 0 Å². The number of carboxylic acids is 1. The largest absolute Gasteiger partial charge is 0.481 e. The summed E-state index contributed by atoms with van der Waals surface area (Å²) in [6.45, 7) is 6.45. The molecule has 6 nitrogen and oxygen atoms in total. The number of hydrogen-bond donors (Lipinski definition) is 2. The first kappa shape index (κ1) is 16.6. The molecule has 0 aromatic carbocycles. The highest BCUT2D eigenvalue weighted by Gasteiger charge is 2.05. The number of carbonyl (C=O) groups excluding carboxylic acids is 2. The molecule has 0 aliphatic carbocycles. The molecule has 0 unspecified atom stereocenters. The van der Waals surface area contributed by atoms with Gasteiger partial charge in [-0.15, -0.1) is 0 Å². The monoisotopic (exact) mass is 231 g/mol. The molecule has 0 saturated carbocycles. The molecule has 1 rings (SSSR count). The zero-order valence-corrected chi connectivity index (χ0v) is 9.49. The molecule has 0 spiro atoms. The predicted octanol–water partition coefficient (Wildman–Crippen LogP) is 0.680. The SMILES string of the molecule is C=COC(C)=O.CC(=O)O.O=C1CCCN1. The highest BCUT2D eigenvalue weighted by atomic mass is 16.5. The number of esters is 1. The van der Waals surface area contributed by atoms with Crippen molar-refractivity contribution in [3.05, 3.63) is 12.8 Å². The number of carbonyl (C=O) groups is 3. The van der Waals surface area contributed by atoms with Crippen molar-refractivity contribution in [3.8, 4) is 0 Å². The summed E-state index contributed by atoms with van der Waals surface area (Å²) in [6.07, 6.45) is 2.86. The summed E-state index contributed by atoms with van der Waals surface area (Å²) < 4.78 is 4.17. The van der Waals surface area contributed by atoms with E-state index in [9.17, 15) is 9.59 Å². The van der Waals surface area contributed by atoms with Gasteiger partial charge in [0.2, 0.25) is 5.91 Å². The van der Waals surface area contributed by atoms with Gasteiger partial charge in [-0.25, -0.2) is 0 Å². The Hall–Kier alpha value is -1.85. The molecule has 6 heteroatoms. The van der Waals surface area contributed by atoms with Crippen LogP contribution in [0, 0.1) is 0 Å². The second kappa shape index (κ2) is 11.2. The molecule has 0 aromatic heterocycles. The van der Waals surface area contributed by atoms with Crippen molar-refractivity contribution < 1.29 is 24.2 Å². The van der Waals surface area contributed by atoms with Gasteiger partial charge in [-0.3, -0.25) is 14.4 Å². The number of aliphatic carboxylic acids is 1. The molecular weight excluding hydrogens is 214 g/mol. The second-order valence-corrected chi connectivity index (χ2v) is 2.75. The standard InChI is InChI=1S/C4H7NO.C4H6O2.C2H4O2/c6-4-2-1-3-5-4;1-3-6-4(2)5;1-2(3)4/h1-3H2,(H,5,6);3H,1H2,2H3;1H3,(H,3,4). The third-order valence-corrected chi connectivity index (χ3v) is 1.15. The Morgan fingerprint density at radius 3 is 2.06 bits per heavy atom. The second-order valence-electron chi connectivity index (χ2n) is 2.75. The van der Waals surface area contributed by atoms with Crippen LogP contribution in [0.15, 0.2) is 12.8 Å². The molecule has 92 valence electrons. The molecule has 1 aliphatic rings. The fourth-order valence-electron chi connectivity index (χ4n) is 0.682. The van der Waals surface area contributed by atoms with Crippen molar-refractivity contribution >= 4 is 17.8 Å². The Balaban J connectivity index is 0. The van der Waals surface area contributed by atoms with Gasteiger partial charge in [0.15, 0.2) is 0 Å². The first-order valence-electron chi connectivity index (χ1n) is 4.64. The van der Waals surface area contributed by atoms with E-state index in [2.05, 4.69) is 16.6 Å². The van der Waals surface area contributed by atoms with Crippen LogP contribution < -0.4 is 5.32 Å².